The van der Waals surface area contributed by atoms with Gasteiger partial charge in [0.15, 0.2) is 0 Å². The van der Waals surface area contributed by atoms with Crippen molar-refractivity contribution in [2.45, 2.75) is 0 Å². The molecule has 0 atom stereocenters. The van der Waals surface area contributed by atoms with E-state index in [0.717, 1.165) is 11.3 Å². The first-order chi connectivity index (χ1) is 4.43. The summed E-state index contributed by atoms with van der Waals surface area (Å²) < 4.78 is 0. The van der Waals surface area contributed by atoms with Crippen molar-refractivity contribution >= 4 is 21.7 Å². The number of aromatic nitrogens is 1. The lowest BCUT2D eigenvalue weighted by Crippen LogP contribution is -1.94. The fourth-order valence-corrected chi connectivity index (χ4v) is 0.823. The fraction of sp³-hybridized carbons (Fsp3) is 0.167. The van der Waals surface area contributed by atoms with Crippen LogP contribution in [-0.2, 0) is 0 Å². The summed E-state index contributed by atoms with van der Waals surface area (Å²) in [5.74, 6) is 0.898. The van der Waals surface area contributed by atoms with Crippen LogP contribution >= 0.6 is 15.9 Å². The van der Waals surface area contributed by atoms with Crippen LogP contribution in [0.25, 0.3) is 0 Å². The highest BCUT2D eigenvalue weighted by atomic mass is 79.9. The zero-order chi connectivity index (χ0) is 6.53. The third-order valence-corrected chi connectivity index (χ3v) is 1.19. The van der Waals surface area contributed by atoms with Gasteiger partial charge in [0.2, 0.25) is 0 Å². The fourth-order valence-electron chi connectivity index (χ4n) is 0.536. The van der Waals surface area contributed by atoms with E-state index >= 15 is 0 Å². The molecule has 0 aromatic carbocycles. The second-order valence-electron chi connectivity index (χ2n) is 1.53. The molecule has 0 radical (unpaired) electrons. The summed E-state index contributed by atoms with van der Waals surface area (Å²) >= 11 is 3.23. The summed E-state index contributed by atoms with van der Waals surface area (Å²) in [5.41, 5.74) is 0.740. The number of pyridine rings is 1. The molecule has 1 heterocycles. The predicted molar refractivity (Wildman–Crippen MR) is 41.7 cm³/mol. The molecule has 0 spiro atoms. The van der Waals surface area contributed by atoms with E-state index in [2.05, 4.69) is 26.2 Å². The summed E-state index contributed by atoms with van der Waals surface area (Å²) in [6.07, 6.45) is 1.75. The van der Waals surface area contributed by atoms with E-state index in [-0.39, 0.29) is 0 Å². The van der Waals surface area contributed by atoms with Crippen LogP contribution in [0.5, 0.6) is 0 Å². The Bertz CT molecular complexity index is 164. The van der Waals surface area contributed by atoms with Crippen LogP contribution in [0.1, 0.15) is 0 Å². The predicted octanol–water partition coefficient (Wildman–Crippen LogP) is 1.85. The number of halogens is 1. The van der Waals surface area contributed by atoms with Gasteiger partial charge in [-0.05, 0) is 12.1 Å². The van der Waals surface area contributed by atoms with Gasteiger partial charge in [-0.15, -0.1) is 0 Å². The largest absolute Gasteiger partial charge is 0.360 e. The molecule has 1 aromatic rings. The second kappa shape index (κ2) is 3.45. The standard InChI is InChI=1S/C6H7BrN2/c7-5-9-6-3-1-2-4-8-6/h1-4H,5H2,(H,8,9). The first-order valence-electron chi connectivity index (χ1n) is 2.64. The Morgan fingerprint density at radius 3 is 3.00 bits per heavy atom. The minimum atomic E-state index is 0.740. The van der Waals surface area contributed by atoms with E-state index in [9.17, 15) is 0 Å². The van der Waals surface area contributed by atoms with Gasteiger partial charge in [0.1, 0.15) is 5.82 Å². The van der Waals surface area contributed by atoms with Crippen LogP contribution in [-0.4, -0.2) is 10.4 Å². The number of nitrogens with one attached hydrogen (secondary N) is 1. The molecule has 9 heavy (non-hydrogen) atoms. The first kappa shape index (κ1) is 6.55. The molecule has 0 bridgehead atoms. The Balaban J connectivity index is 2.61. The van der Waals surface area contributed by atoms with E-state index in [0.29, 0.717) is 0 Å². The molecule has 3 heteroatoms. The normalized spacial score (nSPS) is 9.00. The van der Waals surface area contributed by atoms with E-state index in [1.807, 2.05) is 18.2 Å². The second-order valence-corrected chi connectivity index (χ2v) is 2.09. The molecule has 1 N–H and O–H groups in total. The van der Waals surface area contributed by atoms with Gasteiger partial charge < -0.3 is 5.32 Å². The summed E-state index contributed by atoms with van der Waals surface area (Å²) in [6, 6.07) is 5.75. The van der Waals surface area contributed by atoms with Crippen molar-refractivity contribution in [3.63, 3.8) is 0 Å². The van der Waals surface area contributed by atoms with Crippen molar-refractivity contribution < 1.29 is 0 Å². The highest BCUT2D eigenvalue weighted by molar-refractivity contribution is 9.09. The van der Waals surface area contributed by atoms with Crippen molar-refractivity contribution in [1.82, 2.24) is 4.98 Å². The maximum Gasteiger partial charge on any atom is 0.126 e. The highest BCUT2D eigenvalue weighted by Gasteiger charge is 1.83. The van der Waals surface area contributed by atoms with Crippen LogP contribution in [0.4, 0.5) is 5.82 Å². The lowest BCUT2D eigenvalue weighted by atomic mass is 10.5. The van der Waals surface area contributed by atoms with Gasteiger partial charge in [-0.1, -0.05) is 22.0 Å². The Morgan fingerprint density at radius 2 is 2.44 bits per heavy atom. The van der Waals surface area contributed by atoms with Gasteiger partial charge in [0, 0.05) is 6.20 Å². The number of rotatable bonds is 2. The molecule has 0 saturated heterocycles. The zero-order valence-corrected chi connectivity index (χ0v) is 6.43. The minimum absolute atomic E-state index is 0.740. The number of anilines is 1. The van der Waals surface area contributed by atoms with E-state index in [1.54, 1.807) is 6.20 Å². The minimum Gasteiger partial charge on any atom is -0.360 e. The van der Waals surface area contributed by atoms with Gasteiger partial charge in [-0.2, -0.15) is 0 Å². The lowest BCUT2D eigenvalue weighted by molar-refractivity contribution is 1.28. The van der Waals surface area contributed by atoms with Gasteiger partial charge in [-0.25, -0.2) is 4.98 Å². The Kier molecular flexibility index (Phi) is 2.51. The molecule has 0 unspecified atom stereocenters. The summed E-state index contributed by atoms with van der Waals surface area (Å²) in [4.78, 5) is 4.03. The zero-order valence-electron chi connectivity index (χ0n) is 4.84. The van der Waals surface area contributed by atoms with Crippen molar-refractivity contribution in [2.75, 3.05) is 10.8 Å². The molecule has 0 amide bonds. The van der Waals surface area contributed by atoms with E-state index in [4.69, 9.17) is 0 Å². The van der Waals surface area contributed by atoms with Crippen LogP contribution in [0.15, 0.2) is 24.4 Å². The molecular weight excluding hydrogens is 180 g/mol. The molecule has 0 aliphatic carbocycles. The Labute approximate surface area is 62.4 Å². The average molecular weight is 187 g/mol. The molecule has 0 fully saturated rings. The first-order valence-corrected chi connectivity index (χ1v) is 3.76. The van der Waals surface area contributed by atoms with Gasteiger partial charge in [0.05, 0.1) is 5.45 Å². The van der Waals surface area contributed by atoms with Crippen molar-refractivity contribution in [2.24, 2.45) is 0 Å². The Morgan fingerprint density at radius 1 is 1.56 bits per heavy atom. The molecule has 0 aliphatic heterocycles. The molecular formula is C6H7BrN2. The Hall–Kier alpha value is -0.570. The van der Waals surface area contributed by atoms with Gasteiger partial charge in [0.25, 0.3) is 0 Å². The van der Waals surface area contributed by atoms with Crippen LogP contribution in [0.2, 0.25) is 0 Å². The van der Waals surface area contributed by atoms with Crippen LogP contribution in [0.3, 0.4) is 0 Å². The van der Waals surface area contributed by atoms with Crippen molar-refractivity contribution in [3.8, 4) is 0 Å². The third-order valence-electron chi connectivity index (χ3n) is 0.913. The number of alkyl halides is 1. The molecule has 48 valence electrons. The monoisotopic (exact) mass is 186 g/mol. The average Bonchev–Trinajstić information content (AvgIpc) is 1.91. The van der Waals surface area contributed by atoms with E-state index < -0.39 is 0 Å². The third kappa shape index (κ3) is 2.01. The highest BCUT2D eigenvalue weighted by Crippen LogP contribution is 1.99. The molecule has 1 rings (SSSR count). The van der Waals surface area contributed by atoms with Gasteiger partial charge >= 0.3 is 0 Å². The summed E-state index contributed by atoms with van der Waals surface area (Å²) in [6.45, 7) is 0. The maximum atomic E-state index is 4.03. The smallest absolute Gasteiger partial charge is 0.126 e. The number of hydrogen-bond acceptors (Lipinski definition) is 2. The molecule has 1 aromatic heterocycles. The molecule has 0 saturated carbocycles. The SMILES string of the molecule is BrCNc1ccccn1. The summed E-state index contributed by atoms with van der Waals surface area (Å²) in [5, 5.41) is 3.01. The quantitative estimate of drug-likeness (QED) is 0.564. The van der Waals surface area contributed by atoms with Gasteiger partial charge in [-0.3, -0.25) is 0 Å². The lowest BCUT2D eigenvalue weighted by Gasteiger charge is -1.96. The molecule has 0 aliphatic rings. The van der Waals surface area contributed by atoms with Crippen molar-refractivity contribution in [3.05, 3.63) is 24.4 Å². The number of hydrogen-bond donors (Lipinski definition) is 1. The van der Waals surface area contributed by atoms with E-state index in [1.165, 1.54) is 0 Å². The van der Waals surface area contributed by atoms with Crippen LogP contribution < -0.4 is 5.32 Å². The number of nitrogens with zero attached hydrogens (tertiary/aromatic N) is 1. The van der Waals surface area contributed by atoms with Crippen LogP contribution in [0, 0.1) is 0 Å². The molecule has 2 nitrogen and oxygen atoms in total. The topological polar surface area (TPSA) is 24.9 Å². The maximum absolute atomic E-state index is 4.03. The summed E-state index contributed by atoms with van der Waals surface area (Å²) in [7, 11) is 0. The van der Waals surface area contributed by atoms with Crippen molar-refractivity contribution in [1.29, 1.82) is 0 Å².